The summed E-state index contributed by atoms with van der Waals surface area (Å²) in [5, 5.41) is 9.06. The minimum atomic E-state index is -0.880. The molecule has 0 aliphatic rings. The van der Waals surface area contributed by atoms with Gasteiger partial charge in [-0.3, -0.25) is 15.0 Å². The first-order valence-electron chi connectivity index (χ1n) is 14.9. The minimum absolute atomic E-state index is 0.144. The first-order valence-corrected chi connectivity index (χ1v) is 14.9. The van der Waals surface area contributed by atoms with E-state index in [1.807, 2.05) is 93.6 Å². The van der Waals surface area contributed by atoms with Gasteiger partial charge in [-0.05, 0) is 49.6 Å². The van der Waals surface area contributed by atoms with Crippen molar-refractivity contribution in [2.24, 2.45) is 0 Å². The molecule has 0 bridgehead atoms. The zero-order valence-electron chi connectivity index (χ0n) is 25.8. The Labute approximate surface area is 254 Å². The monoisotopic (exact) mass is 591 g/mol. The van der Waals surface area contributed by atoms with Crippen LogP contribution in [0.1, 0.15) is 38.8 Å². The average molecular weight is 592 g/mol. The van der Waals surface area contributed by atoms with E-state index in [0.29, 0.717) is 19.8 Å². The number of carbonyl (C=O) groups is 3. The van der Waals surface area contributed by atoms with Crippen molar-refractivity contribution in [1.29, 1.82) is 0 Å². The molecule has 0 fully saturated rings. The van der Waals surface area contributed by atoms with Gasteiger partial charge in [-0.15, -0.1) is 0 Å². The van der Waals surface area contributed by atoms with Crippen LogP contribution in [0.4, 0.5) is 4.79 Å². The summed E-state index contributed by atoms with van der Waals surface area (Å²) in [5.74, 6) is -0.668. The van der Waals surface area contributed by atoms with E-state index in [1.54, 1.807) is 18.9 Å². The maximum atomic E-state index is 14.5. The molecule has 10 heteroatoms. The Morgan fingerprint density at radius 1 is 0.860 bits per heavy atom. The van der Waals surface area contributed by atoms with Crippen LogP contribution in [-0.2, 0) is 32.0 Å². The molecule has 0 aliphatic carbocycles. The minimum Gasteiger partial charge on any atom is -0.351 e. The number of likely N-dealkylation sites (N-methyl/N-ethyl adjacent to an activating group) is 1. The highest BCUT2D eigenvalue weighted by atomic mass is 16.7. The van der Waals surface area contributed by atoms with E-state index in [9.17, 15) is 14.4 Å². The average Bonchev–Trinajstić information content (AvgIpc) is 2.99. The molecule has 0 aromatic heterocycles. The molecule has 3 aromatic carbocycles. The normalized spacial score (nSPS) is 12.6. The van der Waals surface area contributed by atoms with E-state index >= 15 is 0 Å². The molecule has 0 radical (unpaired) electrons. The number of carbonyl (C=O) groups excluding carboxylic acids is 3. The fraction of sp³-hybridized carbons (Fsp3) is 0.424. The number of ether oxygens (including phenoxy) is 2. The lowest BCUT2D eigenvalue weighted by Gasteiger charge is -2.37. The molecular formula is C33H45N5O5. The molecule has 2 atom stereocenters. The Bertz CT molecular complexity index is 1310. The van der Waals surface area contributed by atoms with Crippen molar-refractivity contribution < 1.29 is 23.9 Å². The summed E-state index contributed by atoms with van der Waals surface area (Å²) in [5.41, 5.74) is 4.47. The van der Waals surface area contributed by atoms with Crippen molar-refractivity contribution in [2.45, 2.75) is 59.0 Å². The number of hydrazine groups is 1. The number of nitrogens with one attached hydrogen (secondary N) is 3. The standard InChI is InChI=1S/C33H45N5O5/c1-6-34-33(41)36-37(5)23-30(39)35-29(21-25-15-10-9-11-16-25)31(40)38(24(4)32(42-7-2)43-8-3)22-27-19-14-18-26-17-12-13-20-28(26)27/h9-20,24,29,32H,6-8,21-23H2,1-5H3,(H,35,39)(H2,34,36,41)/t24-,29-/m0/s1. The fourth-order valence-electron chi connectivity index (χ4n) is 4.96. The number of urea groups is 1. The lowest BCUT2D eigenvalue weighted by atomic mass is 10.0. The fourth-order valence-corrected chi connectivity index (χ4v) is 4.96. The van der Waals surface area contributed by atoms with Gasteiger partial charge < -0.3 is 25.0 Å². The largest absolute Gasteiger partial charge is 0.351 e. The van der Waals surface area contributed by atoms with Crippen LogP contribution in [0.2, 0.25) is 0 Å². The summed E-state index contributed by atoms with van der Waals surface area (Å²) in [6, 6.07) is 21.9. The first-order chi connectivity index (χ1) is 20.8. The Balaban J connectivity index is 1.95. The molecule has 3 rings (SSSR count). The summed E-state index contributed by atoms with van der Waals surface area (Å²) in [6.45, 7) is 8.92. The summed E-state index contributed by atoms with van der Waals surface area (Å²) < 4.78 is 11.9. The third kappa shape index (κ3) is 10.1. The maximum absolute atomic E-state index is 14.5. The lowest BCUT2D eigenvalue weighted by Crippen LogP contribution is -2.56. The second kappa shape index (κ2) is 17.2. The van der Waals surface area contributed by atoms with E-state index in [-0.39, 0.29) is 25.4 Å². The number of amides is 4. The summed E-state index contributed by atoms with van der Waals surface area (Å²) in [7, 11) is 1.59. The van der Waals surface area contributed by atoms with Gasteiger partial charge in [0.05, 0.1) is 12.6 Å². The van der Waals surface area contributed by atoms with Crippen LogP contribution in [0.3, 0.4) is 0 Å². The summed E-state index contributed by atoms with van der Waals surface area (Å²) in [6.07, 6.45) is -0.375. The van der Waals surface area contributed by atoms with Crippen LogP contribution < -0.4 is 16.1 Å². The Morgan fingerprint density at radius 2 is 1.51 bits per heavy atom. The predicted octanol–water partition coefficient (Wildman–Crippen LogP) is 3.85. The molecule has 0 unspecified atom stereocenters. The van der Waals surface area contributed by atoms with Gasteiger partial charge >= 0.3 is 6.03 Å². The molecule has 4 amide bonds. The number of fused-ring (bicyclic) bond motifs is 1. The Kier molecular flexibility index (Phi) is 13.4. The van der Waals surface area contributed by atoms with Gasteiger partial charge in [-0.1, -0.05) is 72.8 Å². The first kappa shape index (κ1) is 33.5. The number of benzene rings is 3. The second-order valence-electron chi connectivity index (χ2n) is 10.3. The maximum Gasteiger partial charge on any atom is 0.329 e. The molecule has 232 valence electrons. The van der Waals surface area contributed by atoms with Gasteiger partial charge in [0.2, 0.25) is 11.8 Å². The summed E-state index contributed by atoms with van der Waals surface area (Å²) in [4.78, 5) is 41.4. The smallest absolute Gasteiger partial charge is 0.329 e. The highest BCUT2D eigenvalue weighted by Gasteiger charge is 2.34. The van der Waals surface area contributed by atoms with Crippen LogP contribution >= 0.6 is 0 Å². The zero-order chi connectivity index (χ0) is 31.2. The Morgan fingerprint density at radius 3 is 2.19 bits per heavy atom. The van der Waals surface area contributed by atoms with Crippen molar-refractivity contribution in [3.05, 3.63) is 83.9 Å². The molecule has 3 N–H and O–H groups in total. The van der Waals surface area contributed by atoms with E-state index in [0.717, 1.165) is 21.9 Å². The zero-order valence-corrected chi connectivity index (χ0v) is 25.8. The Hall–Kier alpha value is -3.99. The molecule has 10 nitrogen and oxygen atoms in total. The quantitative estimate of drug-likeness (QED) is 0.172. The number of hydrogen-bond donors (Lipinski definition) is 3. The molecule has 0 spiro atoms. The molecule has 0 aliphatic heterocycles. The van der Waals surface area contributed by atoms with Crippen molar-refractivity contribution in [3.63, 3.8) is 0 Å². The van der Waals surface area contributed by atoms with Crippen molar-refractivity contribution in [3.8, 4) is 0 Å². The molecule has 0 heterocycles. The van der Waals surface area contributed by atoms with Gasteiger partial charge in [0, 0.05) is 39.8 Å². The topological polar surface area (TPSA) is 112 Å². The molecule has 3 aromatic rings. The van der Waals surface area contributed by atoms with Crippen LogP contribution in [0.25, 0.3) is 10.8 Å². The van der Waals surface area contributed by atoms with Crippen LogP contribution in [0.15, 0.2) is 72.8 Å². The third-order valence-corrected chi connectivity index (χ3v) is 6.98. The third-order valence-electron chi connectivity index (χ3n) is 6.98. The van der Waals surface area contributed by atoms with Gasteiger partial charge in [0.1, 0.15) is 6.04 Å². The highest BCUT2D eigenvalue weighted by molar-refractivity contribution is 5.90. The van der Waals surface area contributed by atoms with E-state index in [2.05, 4.69) is 16.1 Å². The molecular weight excluding hydrogens is 546 g/mol. The highest BCUT2D eigenvalue weighted by Crippen LogP contribution is 2.23. The van der Waals surface area contributed by atoms with E-state index in [1.165, 1.54) is 5.01 Å². The van der Waals surface area contributed by atoms with Crippen molar-refractivity contribution in [2.75, 3.05) is 33.4 Å². The van der Waals surface area contributed by atoms with Crippen LogP contribution in [0.5, 0.6) is 0 Å². The van der Waals surface area contributed by atoms with Gasteiger partial charge in [-0.2, -0.15) is 0 Å². The van der Waals surface area contributed by atoms with Crippen molar-refractivity contribution >= 4 is 28.6 Å². The SMILES string of the molecule is CCNC(=O)NN(C)CC(=O)N[C@@H](Cc1ccccc1)C(=O)N(Cc1cccc2ccccc12)[C@@H](C)C(OCC)OCC. The van der Waals surface area contributed by atoms with Gasteiger partial charge in [-0.25, -0.2) is 9.80 Å². The number of rotatable bonds is 16. The molecule has 0 saturated carbocycles. The number of nitrogens with zero attached hydrogens (tertiary/aromatic N) is 2. The predicted molar refractivity (Wildman–Crippen MR) is 168 cm³/mol. The number of hydrogen-bond acceptors (Lipinski definition) is 6. The van der Waals surface area contributed by atoms with Gasteiger partial charge in [0.25, 0.3) is 0 Å². The summed E-state index contributed by atoms with van der Waals surface area (Å²) >= 11 is 0. The second-order valence-corrected chi connectivity index (χ2v) is 10.3. The molecule has 0 saturated heterocycles. The van der Waals surface area contributed by atoms with Gasteiger partial charge in [0.15, 0.2) is 6.29 Å². The lowest BCUT2D eigenvalue weighted by molar-refractivity contribution is -0.179. The van der Waals surface area contributed by atoms with E-state index in [4.69, 9.17) is 9.47 Å². The van der Waals surface area contributed by atoms with E-state index < -0.39 is 30.3 Å². The van der Waals surface area contributed by atoms with Crippen LogP contribution in [-0.4, -0.2) is 79.5 Å². The molecule has 43 heavy (non-hydrogen) atoms. The van der Waals surface area contributed by atoms with Crippen molar-refractivity contribution in [1.82, 2.24) is 26.0 Å². The van der Waals surface area contributed by atoms with Crippen LogP contribution in [0, 0.1) is 0 Å².